The average Bonchev–Trinajstić information content (AvgIpc) is 2.34. The van der Waals surface area contributed by atoms with Crippen molar-refractivity contribution in [2.75, 3.05) is 20.3 Å². The number of carbonyl (C=O) groups excluding carboxylic acids is 1. The van der Waals surface area contributed by atoms with Gasteiger partial charge in [-0.05, 0) is 34.1 Å². The molecule has 0 saturated heterocycles. The molecule has 92 valence electrons. The van der Waals surface area contributed by atoms with Crippen molar-refractivity contribution in [1.82, 2.24) is 5.32 Å². The highest BCUT2D eigenvalue weighted by Crippen LogP contribution is 2.28. The third-order valence-electron chi connectivity index (χ3n) is 1.94. The lowest BCUT2D eigenvalue weighted by atomic mass is 10.3. The number of carbonyl (C=O) groups is 1. The Morgan fingerprint density at radius 1 is 1.59 bits per heavy atom. The van der Waals surface area contributed by atoms with Gasteiger partial charge in [0.25, 0.3) is 5.91 Å². The molecule has 0 atom stereocenters. The predicted molar refractivity (Wildman–Crippen MR) is 69.4 cm³/mol. The summed E-state index contributed by atoms with van der Waals surface area (Å²) in [5.74, 6) is 1.13. The molecule has 4 nitrogen and oxygen atoms in total. The van der Waals surface area contributed by atoms with Crippen molar-refractivity contribution in [2.24, 2.45) is 0 Å². The van der Waals surface area contributed by atoms with E-state index in [0.29, 0.717) is 12.3 Å². The van der Waals surface area contributed by atoms with Gasteiger partial charge < -0.3 is 14.8 Å². The van der Waals surface area contributed by atoms with Crippen LogP contribution in [0, 0.1) is 0 Å². The summed E-state index contributed by atoms with van der Waals surface area (Å²) in [6, 6.07) is 5.28. The number of rotatable bonds is 6. The maximum atomic E-state index is 11.3. The van der Waals surface area contributed by atoms with Gasteiger partial charge in [-0.2, -0.15) is 0 Å². The molecule has 0 aliphatic carbocycles. The van der Waals surface area contributed by atoms with Crippen LogP contribution in [0.5, 0.6) is 11.5 Å². The minimum absolute atomic E-state index is 0.0290. The Morgan fingerprint density at radius 2 is 2.35 bits per heavy atom. The smallest absolute Gasteiger partial charge is 0.258 e. The molecule has 0 unspecified atom stereocenters. The number of hydrogen-bond acceptors (Lipinski definition) is 3. The van der Waals surface area contributed by atoms with Crippen LogP contribution in [0.2, 0.25) is 0 Å². The molecule has 1 N–H and O–H groups in total. The molecule has 0 radical (unpaired) electrons. The number of benzene rings is 1. The van der Waals surface area contributed by atoms with Crippen molar-refractivity contribution in [3.63, 3.8) is 0 Å². The monoisotopic (exact) mass is 299 g/mol. The van der Waals surface area contributed by atoms with Crippen molar-refractivity contribution >= 4 is 21.8 Å². The molecule has 0 aromatic heterocycles. The quantitative estimate of drug-likeness (QED) is 0.819. The lowest BCUT2D eigenvalue weighted by Crippen LogP contribution is -2.28. The van der Waals surface area contributed by atoms with Crippen LogP contribution in [-0.4, -0.2) is 26.2 Å². The molecule has 1 aromatic rings. The number of nitrogens with one attached hydrogen (secondary N) is 1. The fraction of sp³-hybridized carbons (Fsp3) is 0.250. The van der Waals surface area contributed by atoms with Crippen LogP contribution >= 0.6 is 15.9 Å². The highest BCUT2D eigenvalue weighted by atomic mass is 79.9. The van der Waals surface area contributed by atoms with Gasteiger partial charge in [0.15, 0.2) is 6.61 Å². The van der Waals surface area contributed by atoms with E-state index in [1.807, 2.05) is 0 Å². The van der Waals surface area contributed by atoms with E-state index in [-0.39, 0.29) is 12.5 Å². The first-order chi connectivity index (χ1) is 8.17. The first-order valence-electron chi connectivity index (χ1n) is 5.01. The third kappa shape index (κ3) is 4.48. The Kier molecular flexibility index (Phi) is 5.56. The Balaban J connectivity index is 2.51. The molecule has 0 aliphatic rings. The zero-order valence-electron chi connectivity index (χ0n) is 9.53. The van der Waals surface area contributed by atoms with Crippen molar-refractivity contribution in [1.29, 1.82) is 0 Å². The zero-order chi connectivity index (χ0) is 12.7. The van der Waals surface area contributed by atoms with Gasteiger partial charge in [0.2, 0.25) is 0 Å². The van der Waals surface area contributed by atoms with Crippen molar-refractivity contribution in [3.05, 3.63) is 35.3 Å². The van der Waals surface area contributed by atoms with E-state index >= 15 is 0 Å². The second kappa shape index (κ2) is 6.96. The Hall–Kier alpha value is -1.49. The maximum absolute atomic E-state index is 11.3. The number of halogens is 1. The summed E-state index contributed by atoms with van der Waals surface area (Å²) in [6.45, 7) is 3.91. The average molecular weight is 300 g/mol. The lowest BCUT2D eigenvalue weighted by Gasteiger charge is -2.09. The largest absolute Gasteiger partial charge is 0.497 e. The molecule has 1 aromatic carbocycles. The molecule has 0 aliphatic heterocycles. The molecule has 17 heavy (non-hydrogen) atoms. The molecule has 0 spiro atoms. The Morgan fingerprint density at radius 3 is 2.94 bits per heavy atom. The standard InChI is InChI=1S/C12H14BrNO3/c1-3-6-14-12(15)8-17-11-5-4-9(16-2)7-10(11)13/h3-5,7H,1,6,8H2,2H3,(H,14,15). The molecule has 0 saturated carbocycles. The molecular formula is C12H14BrNO3. The lowest BCUT2D eigenvalue weighted by molar-refractivity contribution is -0.122. The Bertz CT molecular complexity index is 407. The number of hydrogen-bond donors (Lipinski definition) is 1. The molecule has 1 rings (SSSR count). The van der Waals surface area contributed by atoms with E-state index in [4.69, 9.17) is 9.47 Å². The van der Waals surface area contributed by atoms with Crippen LogP contribution in [0.15, 0.2) is 35.3 Å². The second-order valence-electron chi connectivity index (χ2n) is 3.18. The summed E-state index contributed by atoms with van der Waals surface area (Å²) in [4.78, 5) is 11.3. The zero-order valence-corrected chi connectivity index (χ0v) is 11.1. The van der Waals surface area contributed by atoms with Crippen molar-refractivity contribution in [2.45, 2.75) is 0 Å². The molecule has 1 amide bonds. The van der Waals surface area contributed by atoms with Gasteiger partial charge in [-0.25, -0.2) is 0 Å². The molecule has 0 heterocycles. The first-order valence-corrected chi connectivity index (χ1v) is 5.80. The topological polar surface area (TPSA) is 47.6 Å². The van der Waals surface area contributed by atoms with Gasteiger partial charge in [-0.3, -0.25) is 4.79 Å². The predicted octanol–water partition coefficient (Wildman–Crippen LogP) is 2.14. The van der Waals surface area contributed by atoms with Crippen molar-refractivity contribution < 1.29 is 14.3 Å². The number of methoxy groups -OCH3 is 1. The van der Waals surface area contributed by atoms with E-state index in [2.05, 4.69) is 27.8 Å². The van der Waals surface area contributed by atoms with Crippen LogP contribution in [-0.2, 0) is 4.79 Å². The van der Waals surface area contributed by atoms with E-state index in [9.17, 15) is 4.79 Å². The Labute approximate surface area is 109 Å². The molecule has 5 heteroatoms. The van der Waals surface area contributed by atoms with Gasteiger partial charge in [-0.1, -0.05) is 6.08 Å². The highest BCUT2D eigenvalue weighted by Gasteiger charge is 2.05. The van der Waals surface area contributed by atoms with E-state index in [0.717, 1.165) is 10.2 Å². The summed E-state index contributed by atoms with van der Waals surface area (Å²) in [6.07, 6.45) is 1.61. The first kappa shape index (κ1) is 13.6. The molecule has 0 bridgehead atoms. The van der Waals surface area contributed by atoms with Gasteiger partial charge in [-0.15, -0.1) is 6.58 Å². The van der Waals surface area contributed by atoms with Gasteiger partial charge in [0.05, 0.1) is 11.6 Å². The van der Waals surface area contributed by atoms with Crippen LogP contribution in [0.4, 0.5) is 0 Å². The van der Waals surface area contributed by atoms with E-state index in [1.54, 1.807) is 31.4 Å². The van der Waals surface area contributed by atoms with Crippen molar-refractivity contribution in [3.8, 4) is 11.5 Å². The van der Waals surface area contributed by atoms with Gasteiger partial charge in [0.1, 0.15) is 11.5 Å². The summed E-state index contributed by atoms with van der Waals surface area (Å²) in [5, 5.41) is 2.62. The summed E-state index contributed by atoms with van der Waals surface area (Å²) in [7, 11) is 1.59. The molecular weight excluding hydrogens is 286 g/mol. The maximum Gasteiger partial charge on any atom is 0.258 e. The third-order valence-corrected chi connectivity index (χ3v) is 2.56. The summed E-state index contributed by atoms with van der Waals surface area (Å²) < 4.78 is 11.1. The van der Waals surface area contributed by atoms with E-state index in [1.165, 1.54) is 0 Å². The van der Waals surface area contributed by atoms with Crippen LogP contribution in [0.1, 0.15) is 0 Å². The highest BCUT2D eigenvalue weighted by molar-refractivity contribution is 9.10. The fourth-order valence-electron chi connectivity index (χ4n) is 1.11. The minimum Gasteiger partial charge on any atom is -0.497 e. The SMILES string of the molecule is C=CCNC(=O)COc1ccc(OC)cc1Br. The van der Waals surface area contributed by atoms with Gasteiger partial charge in [0, 0.05) is 6.54 Å². The normalized spacial score (nSPS) is 9.53. The number of ether oxygens (including phenoxy) is 2. The minimum atomic E-state index is -0.187. The summed E-state index contributed by atoms with van der Waals surface area (Å²) >= 11 is 3.34. The molecule has 0 fully saturated rings. The van der Waals surface area contributed by atoms with Crippen LogP contribution in [0.25, 0.3) is 0 Å². The fourth-order valence-corrected chi connectivity index (χ4v) is 1.58. The van der Waals surface area contributed by atoms with Gasteiger partial charge >= 0.3 is 0 Å². The van der Waals surface area contributed by atoms with Crippen LogP contribution < -0.4 is 14.8 Å². The summed E-state index contributed by atoms with van der Waals surface area (Å²) in [5.41, 5.74) is 0. The van der Waals surface area contributed by atoms with E-state index < -0.39 is 0 Å². The second-order valence-corrected chi connectivity index (χ2v) is 4.03. The number of amides is 1. The van der Waals surface area contributed by atoms with Crippen LogP contribution in [0.3, 0.4) is 0 Å².